The zero-order valence-corrected chi connectivity index (χ0v) is 17.1. The second-order valence-corrected chi connectivity index (χ2v) is 9.00. The van der Waals surface area contributed by atoms with Crippen LogP contribution in [0.5, 0.6) is 0 Å². The van der Waals surface area contributed by atoms with Gasteiger partial charge < -0.3 is 0 Å². The van der Waals surface area contributed by atoms with Crippen LogP contribution in [0.2, 0.25) is 0 Å². The lowest BCUT2D eigenvalue weighted by Crippen LogP contribution is -2.31. The summed E-state index contributed by atoms with van der Waals surface area (Å²) in [5, 5.41) is 10.9. The average molecular weight is 439 g/mol. The number of nitrogens with zero attached hydrogens (tertiary/aromatic N) is 2. The van der Waals surface area contributed by atoms with Crippen LogP contribution in [0.15, 0.2) is 41.3 Å². The fraction of sp³-hybridized carbons (Fsp3) is 0.400. The number of unbranched alkanes of at least 4 members (excludes halogenated alkanes) is 2. The Morgan fingerprint density at radius 2 is 1.87 bits per heavy atom. The van der Waals surface area contributed by atoms with Crippen molar-refractivity contribution in [2.24, 2.45) is 0 Å². The highest BCUT2D eigenvalue weighted by atomic mass is 32.2. The number of sulfonamides is 1. The van der Waals surface area contributed by atoms with E-state index in [4.69, 9.17) is 0 Å². The van der Waals surface area contributed by atoms with Gasteiger partial charge in [-0.1, -0.05) is 12.5 Å². The van der Waals surface area contributed by atoms with Crippen LogP contribution in [0.3, 0.4) is 0 Å². The molecule has 2 aromatic rings. The summed E-state index contributed by atoms with van der Waals surface area (Å²) in [7, 11) is -4.02. The summed E-state index contributed by atoms with van der Waals surface area (Å²) in [5.41, 5.74) is 2.21. The van der Waals surface area contributed by atoms with Crippen molar-refractivity contribution in [1.29, 1.82) is 0 Å². The molecule has 0 fully saturated rings. The number of hydrogen-bond donors (Lipinski definition) is 1. The number of halogens is 2. The van der Waals surface area contributed by atoms with Gasteiger partial charge in [0.15, 0.2) is 0 Å². The van der Waals surface area contributed by atoms with Crippen molar-refractivity contribution in [3.8, 4) is 0 Å². The molecule has 0 atom stereocenters. The van der Waals surface area contributed by atoms with Gasteiger partial charge in [-0.3, -0.25) is 15.0 Å². The maximum absolute atomic E-state index is 13.7. The largest absolute Gasteiger partial charge is 0.299 e. The van der Waals surface area contributed by atoms with E-state index >= 15 is 0 Å². The number of rotatable bonds is 9. The van der Waals surface area contributed by atoms with Crippen LogP contribution in [0.1, 0.15) is 30.4 Å². The van der Waals surface area contributed by atoms with Gasteiger partial charge in [-0.2, -0.15) is 0 Å². The molecule has 162 valence electrons. The molecule has 0 unspecified atom stereocenters. The monoisotopic (exact) mass is 439 g/mol. The van der Waals surface area contributed by atoms with E-state index in [1.807, 2.05) is 6.07 Å². The third-order valence-corrected chi connectivity index (χ3v) is 6.61. The Labute approximate surface area is 173 Å². The minimum absolute atomic E-state index is 0.0977. The van der Waals surface area contributed by atoms with Gasteiger partial charge in [0.1, 0.15) is 16.5 Å². The quantitative estimate of drug-likeness (QED) is 0.367. The molecule has 3 rings (SSSR count). The number of benzene rings is 2. The van der Waals surface area contributed by atoms with Gasteiger partial charge in [0.05, 0.1) is 4.92 Å². The summed E-state index contributed by atoms with van der Waals surface area (Å²) in [4.78, 5) is 12.2. The Bertz CT molecular complexity index is 1030. The first-order valence-corrected chi connectivity index (χ1v) is 11.2. The van der Waals surface area contributed by atoms with E-state index in [2.05, 4.69) is 9.62 Å². The van der Waals surface area contributed by atoms with Gasteiger partial charge in [0.2, 0.25) is 10.0 Å². The summed E-state index contributed by atoms with van der Waals surface area (Å²) in [5.74, 6) is -1.95. The molecular formula is C20H23F2N3O4S. The second kappa shape index (κ2) is 9.59. The van der Waals surface area contributed by atoms with Crippen molar-refractivity contribution in [1.82, 2.24) is 9.62 Å². The molecule has 0 saturated heterocycles. The smallest absolute Gasteiger partial charge is 0.269 e. The molecule has 1 N–H and O–H groups in total. The molecule has 0 aromatic heterocycles. The van der Waals surface area contributed by atoms with E-state index in [-0.39, 0.29) is 12.2 Å². The molecule has 0 spiro atoms. The zero-order valence-electron chi connectivity index (χ0n) is 16.3. The summed E-state index contributed by atoms with van der Waals surface area (Å²) >= 11 is 0. The topological polar surface area (TPSA) is 92.6 Å². The number of non-ortho nitro benzene ring substituents is 1. The van der Waals surface area contributed by atoms with Crippen molar-refractivity contribution < 1.29 is 22.1 Å². The van der Waals surface area contributed by atoms with E-state index in [0.717, 1.165) is 55.6 Å². The molecule has 0 bridgehead atoms. The SMILES string of the molecule is O=[N+]([O-])c1ccc2c(c1)CN(CCCCCNS(=O)(=O)c1ccc(F)cc1F)CC2. The maximum atomic E-state index is 13.7. The second-order valence-electron chi connectivity index (χ2n) is 7.27. The number of hydrogen-bond acceptors (Lipinski definition) is 5. The molecule has 1 aliphatic rings. The Hall–Kier alpha value is -2.43. The standard InChI is InChI=1S/C20H23F2N3O4S/c21-17-5-7-20(19(22)13-17)30(28,29)23-9-2-1-3-10-24-11-8-15-4-6-18(25(26)27)12-16(15)14-24/h4-7,12-13,23H,1-3,8-11,14H2. The van der Waals surface area contributed by atoms with Crippen LogP contribution in [0.4, 0.5) is 14.5 Å². The number of fused-ring (bicyclic) bond motifs is 1. The minimum atomic E-state index is -4.02. The zero-order chi connectivity index (χ0) is 21.7. The van der Waals surface area contributed by atoms with Crippen molar-refractivity contribution in [2.45, 2.75) is 37.1 Å². The number of nitro benzene ring substituents is 1. The minimum Gasteiger partial charge on any atom is -0.299 e. The third-order valence-electron chi connectivity index (χ3n) is 5.12. The highest BCUT2D eigenvalue weighted by Crippen LogP contribution is 2.24. The van der Waals surface area contributed by atoms with Gasteiger partial charge in [-0.05, 0) is 49.1 Å². The number of nitro groups is 1. The van der Waals surface area contributed by atoms with Crippen LogP contribution in [0.25, 0.3) is 0 Å². The first-order valence-electron chi connectivity index (χ1n) is 9.69. The highest BCUT2D eigenvalue weighted by Gasteiger charge is 2.20. The maximum Gasteiger partial charge on any atom is 0.269 e. The normalized spacial score (nSPS) is 14.5. The first-order chi connectivity index (χ1) is 14.3. The van der Waals surface area contributed by atoms with Gasteiger partial charge in [-0.25, -0.2) is 21.9 Å². The Morgan fingerprint density at radius 3 is 2.60 bits per heavy atom. The summed E-state index contributed by atoms with van der Waals surface area (Å²) < 4.78 is 53.1. The molecule has 1 aliphatic heterocycles. The summed E-state index contributed by atoms with van der Waals surface area (Å²) in [6.45, 7) is 2.50. The predicted molar refractivity (Wildman–Crippen MR) is 107 cm³/mol. The molecule has 0 amide bonds. The average Bonchev–Trinajstić information content (AvgIpc) is 2.69. The molecule has 2 aromatic carbocycles. The predicted octanol–water partition coefficient (Wildman–Crippen LogP) is 3.38. The molecule has 7 nitrogen and oxygen atoms in total. The van der Waals surface area contributed by atoms with Gasteiger partial charge in [0.25, 0.3) is 5.69 Å². The fourth-order valence-electron chi connectivity index (χ4n) is 3.52. The van der Waals surface area contributed by atoms with E-state index < -0.39 is 31.5 Å². The first kappa shape index (κ1) is 22.3. The van der Waals surface area contributed by atoms with Crippen LogP contribution in [0, 0.1) is 21.7 Å². The van der Waals surface area contributed by atoms with E-state index in [0.29, 0.717) is 19.0 Å². The van der Waals surface area contributed by atoms with Gasteiger partial charge in [0, 0.05) is 37.8 Å². The van der Waals surface area contributed by atoms with Crippen molar-refractivity contribution >= 4 is 15.7 Å². The lowest BCUT2D eigenvalue weighted by Gasteiger charge is -2.28. The molecule has 0 aliphatic carbocycles. The van der Waals surface area contributed by atoms with Crippen molar-refractivity contribution in [3.63, 3.8) is 0 Å². The molecule has 1 heterocycles. The Balaban J connectivity index is 1.40. The molecule has 30 heavy (non-hydrogen) atoms. The van der Waals surface area contributed by atoms with Crippen molar-refractivity contribution in [3.05, 3.63) is 69.3 Å². The lowest BCUT2D eigenvalue weighted by molar-refractivity contribution is -0.385. The van der Waals surface area contributed by atoms with E-state index in [1.54, 1.807) is 6.07 Å². The molecular weight excluding hydrogens is 416 g/mol. The third kappa shape index (κ3) is 5.59. The Kier molecular flexibility index (Phi) is 7.11. The molecule has 10 heteroatoms. The van der Waals surface area contributed by atoms with Crippen LogP contribution < -0.4 is 4.72 Å². The summed E-state index contributed by atoms with van der Waals surface area (Å²) in [6, 6.07) is 7.34. The van der Waals surface area contributed by atoms with Crippen LogP contribution >= 0.6 is 0 Å². The Morgan fingerprint density at radius 1 is 1.07 bits per heavy atom. The van der Waals surface area contributed by atoms with Crippen LogP contribution in [-0.2, 0) is 23.0 Å². The van der Waals surface area contributed by atoms with Gasteiger partial charge in [-0.15, -0.1) is 0 Å². The highest BCUT2D eigenvalue weighted by molar-refractivity contribution is 7.89. The number of nitrogens with one attached hydrogen (secondary N) is 1. The fourth-order valence-corrected chi connectivity index (χ4v) is 4.65. The van der Waals surface area contributed by atoms with Crippen molar-refractivity contribution in [2.75, 3.05) is 19.6 Å². The van der Waals surface area contributed by atoms with E-state index in [9.17, 15) is 27.3 Å². The van der Waals surface area contributed by atoms with Crippen LogP contribution in [-0.4, -0.2) is 37.9 Å². The molecule has 0 saturated carbocycles. The van der Waals surface area contributed by atoms with E-state index in [1.165, 1.54) is 6.07 Å². The van der Waals surface area contributed by atoms with Gasteiger partial charge >= 0.3 is 0 Å². The lowest BCUT2D eigenvalue weighted by atomic mass is 9.99. The molecule has 0 radical (unpaired) electrons. The summed E-state index contributed by atoms with van der Waals surface area (Å²) in [6.07, 6.45) is 3.04.